The molecule has 19 heavy (non-hydrogen) atoms. The van der Waals surface area contributed by atoms with E-state index in [4.69, 9.17) is 0 Å². The summed E-state index contributed by atoms with van der Waals surface area (Å²) in [6.07, 6.45) is 3.00. The fourth-order valence-corrected chi connectivity index (χ4v) is 3.35. The highest BCUT2D eigenvalue weighted by atomic mass is 16.2. The van der Waals surface area contributed by atoms with Crippen molar-refractivity contribution in [1.82, 2.24) is 4.90 Å². The van der Waals surface area contributed by atoms with Crippen LogP contribution >= 0.6 is 0 Å². The fraction of sp³-hybridized carbons (Fsp3) is 0.562. The largest absolute Gasteiger partial charge is 0.309 e. The lowest BCUT2D eigenvalue weighted by atomic mass is 9.95. The first-order valence-electron chi connectivity index (χ1n) is 7.26. The van der Waals surface area contributed by atoms with E-state index in [1.807, 2.05) is 11.0 Å². The van der Waals surface area contributed by atoms with E-state index in [9.17, 15) is 4.79 Å². The molecule has 0 spiro atoms. The molecule has 0 aliphatic carbocycles. The molecule has 1 amide bonds. The molecule has 1 fully saturated rings. The predicted molar refractivity (Wildman–Crippen MR) is 77.3 cm³/mol. The van der Waals surface area contributed by atoms with Gasteiger partial charge in [0, 0.05) is 17.6 Å². The number of anilines is 1. The van der Waals surface area contributed by atoms with Crippen molar-refractivity contribution in [3.05, 3.63) is 29.8 Å². The van der Waals surface area contributed by atoms with E-state index in [1.54, 1.807) is 0 Å². The van der Waals surface area contributed by atoms with Gasteiger partial charge in [0.15, 0.2) is 0 Å². The van der Waals surface area contributed by atoms with E-state index < -0.39 is 0 Å². The molecule has 2 aliphatic rings. The number of fused-ring (bicyclic) bond motifs is 1. The molecule has 102 valence electrons. The number of carbonyl (C=O) groups excluding carboxylic acids is 1. The van der Waals surface area contributed by atoms with Crippen molar-refractivity contribution in [3.8, 4) is 0 Å². The highest BCUT2D eigenvalue weighted by Crippen LogP contribution is 2.34. The molecule has 0 radical (unpaired) electrons. The highest BCUT2D eigenvalue weighted by Gasteiger charge is 2.35. The molecule has 1 aromatic carbocycles. The number of rotatable bonds is 1. The van der Waals surface area contributed by atoms with Gasteiger partial charge in [0.25, 0.3) is 0 Å². The first kappa shape index (κ1) is 12.7. The molecule has 0 bridgehead atoms. The Balaban J connectivity index is 1.80. The van der Waals surface area contributed by atoms with Crippen LogP contribution in [0.5, 0.6) is 0 Å². The van der Waals surface area contributed by atoms with Crippen molar-refractivity contribution in [2.24, 2.45) is 5.92 Å². The van der Waals surface area contributed by atoms with Crippen LogP contribution in [0.1, 0.15) is 25.3 Å². The first-order valence-corrected chi connectivity index (χ1v) is 7.26. The van der Waals surface area contributed by atoms with Crippen LogP contribution in [-0.4, -0.2) is 37.0 Å². The zero-order valence-electron chi connectivity index (χ0n) is 11.8. The lowest BCUT2D eigenvalue weighted by Crippen LogP contribution is -2.44. The van der Waals surface area contributed by atoms with Crippen LogP contribution in [0.3, 0.4) is 0 Å². The number of piperidine rings is 1. The highest BCUT2D eigenvalue weighted by molar-refractivity contribution is 5.97. The number of para-hydroxylation sites is 1. The number of hydrogen-bond acceptors (Lipinski definition) is 2. The van der Waals surface area contributed by atoms with Crippen molar-refractivity contribution in [1.29, 1.82) is 0 Å². The summed E-state index contributed by atoms with van der Waals surface area (Å²) >= 11 is 0. The zero-order chi connectivity index (χ0) is 13.4. The van der Waals surface area contributed by atoms with Gasteiger partial charge in [-0.05, 0) is 58.0 Å². The number of amides is 1. The van der Waals surface area contributed by atoms with Crippen LogP contribution in [0.15, 0.2) is 24.3 Å². The van der Waals surface area contributed by atoms with Gasteiger partial charge in [-0.3, -0.25) is 4.79 Å². The Morgan fingerprint density at radius 1 is 1.21 bits per heavy atom. The average Bonchev–Trinajstić information content (AvgIpc) is 2.74. The molecule has 3 rings (SSSR count). The van der Waals surface area contributed by atoms with Gasteiger partial charge in [0.2, 0.25) is 5.91 Å². The van der Waals surface area contributed by atoms with E-state index in [0.29, 0.717) is 11.9 Å². The molecule has 0 saturated carbocycles. The van der Waals surface area contributed by atoms with Gasteiger partial charge < -0.3 is 9.80 Å². The molecular formula is C16H22N2O. The molecule has 3 heteroatoms. The van der Waals surface area contributed by atoms with Gasteiger partial charge in [0.05, 0.1) is 0 Å². The van der Waals surface area contributed by atoms with Gasteiger partial charge in [-0.15, -0.1) is 0 Å². The molecule has 0 unspecified atom stereocenters. The van der Waals surface area contributed by atoms with E-state index in [0.717, 1.165) is 38.0 Å². The molecule has 1 aromatic rings. The van der Waals surface area contributed by atoms with E-state index in [2.05, 4.69) is 37.1 Å². The molecule has 2 aliphatic heterocycles. The predicted octanol–water partition coefficient (Wildman–Crippen LogP) is 2.31. The molecule has 1 saturated heterocycles. The number of carbonyl (C=O) groups is 1. The van der Waals surface area contributed by atoms with Gasteiger partial charge in [0.1, 0.15) is 0 Å². The second-order valence-corrected chi connectivity index (χ2v) is 5.97. The van der Waals surface area contributed by atoms with Crippen LogP contribution in [-0.2, 0) is 11.2 Å². The third-order valence-corrected chi connectivity index (χ3v) is 4.51. The topological polar surface area (TPSA) is 23.6 Å². The number of likely N-dealkylation sites (tertiary alicyclic amines) is 1. The first-order chi connectivity index (χ1) is 9.16. The van der Waals surface area contributed by atoms with Crippen molar-refractivity contribution in [2.45, 2.75) is 32.2 Å². The Morgan fingerprint density at radius 2 is 1.89 bits per heavy atom. The number of nitrogens with zero attached hydrogens (tertiary/aromatic N) is 2. The Morgan fingerprint density at radius 3 is 2.63 bits per heavy atom. The second kappa shape index (κ2) is 4.97. The van der Waals surface area contributed by atoms with E-state index >= 15 is 0 Å². The van der Waals surface area contributed by atoms with Gasteiger partial charge in [-0.25, -0.2) is 0 Å². The molecule has 2 heterocycles. The summed E-state index contributed by atoms with van der Waals surface area (Å²) in [5.74, 6) is 0.551. The minimum atomic E-state index is 0.213. The van der Waals surface area contributed by atoms with E-state index in [1.165, 1.54) is 5.56 Å². The summed E-state index contributed by atoms with van der Waals surface area (Å²) in [6.45, 7) is 4.24. The summed E-state index contributed by atoms with van der Waals surface area (Å²) in [4.78, 5) is 17.1. The smallest absolute Gasteiger partial charge is 0.230 e. The summed E-state index contributed by atoms with van der Waals surface area (Å²) < 4.78 is 0. The van der Waals surface area contributed by atoms with Crippen LogP contribution in [0.4, 0.5) is 5.69 Å². The van der Waals surface area contributed by atoms with Crippen molar-refractivity contribution in [2.75, 3.05) is 25.0 Å². The Hall–Kier alpha value is -1.35. The number of benzene rings is 1. The minimum Gasteiger partial charge on any atom is -0.309 e. The molecule has 1 atom stereocenters. The van der Waals surface area contributed by atoms with Crippen LogP contribution < -0.4 is 4.90 Å². The van der Waals surface area contributed by atoms with Gasteiger partial charge >= 0.3 is 0 Å². The maximum absolute atomic E-state index is 12.8. The van der Waals surface area contributed by atoms with Crippen LogP contribution in [0.2, 0.25) is 0 Å². The molecular weight excluding hydrogens is 236 g/mol. The van der Waals surface area contributed by atoms with Crippen LogP contribution in [0, 0.1) is 5.92 Å². The molecule has 3 nitrogen and oxygen atoms in total. The maximum Gasteiger partial charge on any atom is 0.230 e. The fourth-order valence-electron chi connectivity index (χ4n) is 3.35. The average molecular weight is 258 g/mol. The molecule has 0 aromatic heterocycles. The summed E-state index contributed by atoms with van der Waals surface area (Å²) in [5.41, 5.74) is 2.45. The number of hydrogen-bond donors (Lipinski definition) is 0. The third kappa shape index (κ3) is 2.27. The third-order valence-electron chi connectivity index (χ3n) is 4.51. The Bertz CT molecular complexity index is 477. The van der Waals surface area contributed by atoms with Crippen molar-refractivity contribution in [3.63, 3.8) is 0 Å². The van der Waals surface area contributed by atoms with Crippen molar-refractivity contribution < 1.29 is 4.79 Å². The minimum absolute atomic E-state index is 0.213. The maximum atomic E-state index is 12.8. The summed E-state index contributed by atoms with van der Waals surface area (Å²) in [7, 11) is 2.13. The molecule has 0 N–H and O–H groups in total. The van der Waals surface area contributed by atoms with Gasteiger partial charge in [-0.2, -0.15) is 0 Å². The SMILES string of the molecule is C[C@H]1Cc2ccccc2N1C(=O)C1CCN(C)CC1. The lowest BCUT2D eigenvalue weighted by molar-refractivity contribution is -0.124. The monoisotopic (exact) mass is 258 g/mol. The Labute approximate surface area is 115 Å². The standard InChI is InChI=1S/C16H22N2O/c1-12-11-14-5-3-4-6-15(14)18(12)16(19)13-7-9-17(2)10-8-13/h3-6,12-13H,7-11H2,1-2H3/t12-/m0/s1. The normalized spacial score (nSPS) is 24.5. The van der Waals surface area contributed by atoms with Gasteiger partial charge in [-0.1, -0.05) is 18.2 Å². The quantitative estimate of drug-likeness (QED) is 0.771. The van der Waals surface area contributed by atoms with Crippen molar-refractivity contribution >= 4 is 11.6 Å². The summed E-state index contributed by atoms with van der Waals surface area (Å²) in [5, 5.41) is 0. The summed E-state index contributed by atoms with van der Waals surface area (Å²) in [6, 6.07) is 8.64. The van der Waals surface area contributed by atoms with E-state index in [-0.39, 0.29) is 5.92 Å². The second-order valence-electron chi connectivity index (χ2n) is 5.97. The lowest BCUT2D eigenvalue weighted by Gasteiger charge is -2.32. The zero-order valence-corrected chi connectivity index (χ0v) is 11.8. The van der Waals surface area contributed by atoms with Crippen LogP contribution in [0.25, 0.3) is 0 Å². The Kier molecular flexibility index (Phi) is 3.31.